The number of aliphatic hydroxyl groups excluding tert-OH is 1. The Morgan fingerprint density at radius 2 is 2.10 bits per heavy atom. The van der Waals surface area contributed by atoms with Gasteiger partial charge in [-0.2, -0.15) is 13.2 Å². The van der Waals surface area contributed by atoms with E-state index < -0.39 is 29.4 Å². The summed E-state index contributed by atoms with van der Waals surface area (Å²) in [5.41, 5.74) is -1.69. The molecule has 0 aliphatic heterocycles. The van der Waals surface area contributed by atoms with Gasteiger partial charge in [-0.25, -0.2) is 0 Å². The van der Waals surface area contributed by atoms with Gasteiger partial charge in [0.2, 0.25) is 0 Å². The van der Waals surface area contributed by atoms with Crippen LogP contribution >= 0.6 is 0 Å². The monoisotopic (exact) mass is 290 g/mol. The number of hydrogen-bond donors (Lipinski definition) is 2. The minimum atomic E-state index is -4.62. The van der Waals surface area contributed by atoms with Gasteiger partial charge >= 0.3 is 6.18 Å². The summed E-state index contributed by atoms with van der Waals surface area (Å²) < 4.78 is 38.2. The number of amides is 1. The van der Waals surface area contributed by atoms with Crippen molar-refractivity contribution in [3.63, 3.8) is 0 Å². The molecule has 0 aliphatic carbocycles. The fraction of sp³-hybridized carbons (Fsp3) is 0.538. The number of aromatic nitrogens is 1. The maximum atomic E-state index is 12.7. The molecule has 1 amide bonds. The molecule has 2 unspecified atom stereocenters. The Kier molecular flexibility index (Phi) is 5.50. The van der Waals surface area contributed by atoms with Crippen LogP contribution < -0.4 is 5.32 Å². The Morgan fingerprint density at radius 1 is 1.45 bits per heavy atom. The molecule has 4 nitrogen and oxygen atoms in total. The highest BCUT2D eigenvalue weighted by Gasteiger charge is 2.35. The van der Waals surface area contributed by atoms with E-state index in [1.807, 2.05) is 0 Å². The molecule has 0 saturated heterocycles. The number of hydrogen-bond acceptors (Lipinski definition) is 3. The van der Waals surface area contributed by atoms with Crippen molar-refractivity contribution in [3.05, 3.63) is 29.6 Å². The van der Waals surface area contributed by atoms with Gasteiger partial charge in [0.1, 0.15) is 5.69 Å². The Bertz CT molecular complexity index is 461. The number of pyridine rings is 1. The summed E-state index contributed by atoms with van der Waals surface area (Å²) >= 11 is 0. The van der Waals surface area contributed by atoms with Crippen molar-refractivity contribution in [1.29, 1.82) is 0 Å². The molecule has 112 valence electrons. The maximum absolute atomic E-state index is 12.7. The van der Waals surface area contributed by atoms with E-state index >= 15 is 0 Å². The van der Waals surface area contributed by atoms with Crippen molar-refractivity contribution in [3.8, 4) is 0 Å². The minimum absolute atomic E-state index is 0.0444. The van der Waals surface area contributed by atoms with Crippen LogP contribution in [0.15, 0.2) is 18.3 Å². The molecule has 0 spiro atoms. The molecule has 1 heterocycles. The lowest BCUT2D eigenvalue weighted by Gasteiger charge is -2.15. The summed E-state index contributed by atoms with van der Waals surface area (Å²) in [6, 6.07) is 1.96. The molecule has 20 heavy (non-hydrogen) atoms. The second-order valence-corrected chi connectivity index (χ2v) is 4.80. The summed E-state index contributed by atoms with van der Waals surface area (Å²) in [5.74, 6) is -0.910. The third kappa shape index (κ3) is 4.80. The topological polar surface area (TPSA) is 62.2 Å². The lowest BCUT2D eigenvalue weighted by Crippen LogP contribution is -2.31. The van der Waals surface area contributed by atoms with Gasteiger partial charge in [0.05, 0.1) is 11.7 Å². The molecule has 7 heteroatoms. The summed E-state index contributed by atoms with van der Waals surface area (Å²) in [7, 11) is 0. The van der Waals surface area contributed by atoms with Crippen molar-refractivity contribution in [1.82, 2.24) is 10.3 Å². The van der Waals surface area contributed by atoms with E-state index in [4.69, 9.17) is 0 Å². The van der Waals surface area contributed by atoms with Crippen LogP contribution in [0.3, 0.4) is 0 Å². The molecular formula is C13H17F3N2O2. The molecule has 0 fully saturated rings. The Balaban J connectivity index is 2.74. The van der Waals surface area contributed by atoms with E-state index in [-0.39, 0.29) is 12.5 Å². The molecule has 2 atom stereocenters. The highest BCUT2D eigenvalue weighted by atomic mass is 19.4. The van der Waals surface area contributed by atoms with E-state index in [1.54, 1.807) is 13.8 Å². The van der Waals surface area contributed by atoms with Gasteiger partial charge in [0, 0.05) is 12.7 Å². The molecule has 1 rings (SSSR count). The van der Waals surface area contributed by atoms with E-state index in [9.17, 15) is 23.1 Å². The number of nitrogens with one attached hydrogen (secondary N) is 1. The maximum Gasteiger partial charge on any atom is 0.418 e. The Labute approximate surface area is 115 Å². The van der Waals surface area contributed by atoms with Crippen LogP contribution in [0, 0.1) is 5.92 Å². The highest BCUT2D eigenvalue weighted by molar-refractivity contribution is 5.93. The van der Waals surface area contributed by atoms with Crippen LogP contribution in [0.5, 0.6) is 0 Å². The zero-order chi connectivity index (χ0) is 15.3. The molecular weight excluding hydrogens is 273 g/mol. The van der Waals surface area contributed by atoms with Crippen molar-refractivity contribution < 1.29 is 23.1 Å². The van der Waals surface area contributed by atoms with Crippen LogP contribution in [0.25, 0.3) is 0 Å². The fourth-order valence-electron chi connectivity index (χ4n) is 1.83. The first-order chi connectivity index (χ1) is 9.21. The molecule has 0 aliphatic rings. The lowest BCUT2D eigenvalue weighted by molar-refractivity contribution is -0.138. The second-order valence-electron chi connectivity index (χ2n) is 4.80. The molecule has 0 saturated carbocycles. The van der Waals surface area contributed by atoms with E-state index in [2.05, 4.69) is 10.3 Å². The van der Waals surface area contributed by atoms with Crippen LogP contribution in [-0.4, -0.2) is 28.6 Å². The SMILES string of the molecule is CC(O)CC(C)CNC(=O)c1ncccc1C(F)(F)F. The summed E-state index contributed by atoms with van der Waals surface area (Å²) in [6.07, 6.45) is -3.55. The molecule has 0 aromatic carbocycles. The number of rotatable bonds is 5. The summed E-state index contributed by atoms with van der Waals surface area (Å²) in [4.78, 5) is 15.3. The number of nitrogens with zero attached hydrogens (tertiary/aromatic N) is 1. The van der Waals surface area contributed by atoms with Crippen molar-refractivity contribution in [2.75, 3.05) is 6.54 Å². The highest BCUT2D eigenvalue weighted by Crippen LogP contribution is 2.30. The first-order valence-electron chi connectivity index (χ1n) is 6.20. The molecule has 2 N–H and O–H groups in total. The summed E-state index contributed by atoms with van der Waals surface area (Å²) in [5, 5.41) is 11.6. The Hall–Kier alpha value is -1.63. The largest absolute Gasteiger partial charge is 0.418 e. The van der Waals surface area contributed by atoms with Gasteiger partial charge in [0.15, 0.2) is 0 Å². The average molecular weight is 290 g/mol. The van der Waals surface area contributed by atoms with Gasteiger partial charge in [-0.1, -0.05) is 6.92 Å². The zero-order valence-electron chi connectivity index (χ0n) is 11.2. The Morgan fingerprint density at radius 3 is 2.65 bits per heavy atom. The van der Waals surface area contributed by atoms with Crippen molar-refractivity contribution in [2.24, 2.45) is 5.92 Å². The van der Waals surface area contributed by atoms with Gasteiger partial charge in [0.25, 0.3) is 5.91 Å². The zero-order valence-corrected chi connectivity index (χ0v) is 11.2. The smallest absolute Gasteiger partial charge is 0.393 e. The van der Waals surface area contributed by atoms with Crippen LogP contribution in [0.4, 0.5) is 13.2 Å². The summed E-state index contributed by atoms with van der Waals surface area (Å²) in [6.45, 7) is 3.58. The van der Waals surface area contributed by atoms with E-state index in [1.165, 1.54) is 0 Å². The number of halogens is 3. The van der Waals surface area contributed by atoms with E-state index in [0.717, 1.165) is 18.3 Å². The lowest BCUT2D eigenvalue weighted by atomic mass is 10.0. The van der Waals surface area contributed by atoms with Crippen LogP contribution in [-0.2, 0) is 6.18 Å². The van der Waals surface area contributed by atoms with Gasteiger partial charge in [-0.3, -0.25) is 9.78 Å². The molecule has 0 bridgehead atoms. The second kappa shape index (κ2) is 6.69. The quantitative estimate of drug-likeness (QED) is 0.874. The predicted molar refractivity (Wildman–Crippen MR) is 67.0 cm³/mol. The standard InChI is InChI=1S/C13H17F3N2O2/c1-8(6-9(2)19)7-18-12(20)11-10(13(14,15)16)4-3-5-17-11/h3-5,8-9,19H,6-7H2,1-2H3,(H,18,20). The predicted octanol–water partition coefficient (Wildman–Crippen LogP) is 2.24. The molecule has 1 aromatic heterocycles. The normalized spacial score (nSPS) is 14.7. The third-order valence-corrected chi connectivity index (χ3v) is 2.68. The number of aliphatic hydroxyl groups is 1. The number of carbonyl (C=O) groups is 1. The van der Waals surface area contributed by atoms with Crippen LogP contribution in [0.1, 0.15) is 36.3 Å². The fourth-order valence-corrected chi connectivity index (χ4v) is 1.83. The average Bonchev–Trinajstić information content (AvgIpc) is 2.34. The number of carbonyl (C=O) groups excluding carboxylic acids is 1. The number of alkyl halides is 3. The molecule has 1 aromatic rings. The van der Waals surface area contributed by atoms with E-state index in [0.29, 0.717) is 6.42 Å². The first-order valence-corrected chi connectivity index (χ1v) is 6.20. The third-order valence-electron chi connectivity index (χ3n) is 2.68. The molecule has 0 radical (unpaired) electrons. The minimum Gasteiger partial charge on any atom is -0.393 e. The van der Waals surface area contributed by atoms with Crippen molar-refractivity contribution in [2.45, 2.75) is 32.5 Å². The van der Waals surface area contributed by atoms with Crippen molar-refractivity contribution >= 4 is 5.91 Å². The van der Waals surface area contributed by atoms with Gasteiger partial charge in [-0.05, 0) is 31.4 Å². The first kappa shape index (κ1) is 16.4. The van der Waals surface area contributed by atoms with Gasteiger partial charge < -0.3 is 10.4 Å². The van der Waals surface area contributed by atoms with Crippen LogP contribution in [0.2, 0.25) is 0 Å². The van der Waals surface area contributed by atoms with Gasteiger partial charge in [-0.15, -0.1) is 0 Å².